The van der Waals surface area contributed by atoms with E-state index in [1.54, 1.807) is 6.26 Å². The smallest absolute Gasteiger partial charge is 0.221 e. The molecule has 1 amide bonds. The van der Waals surface area contributed by atoms with Crippen LogP contribution < -0.4 is 5.32 Å². The van der Waals surface area contributed by atoms with Crippen LogP contribution in [0.4, 0.5) is 5.69 Å². The summed E-state index contributed by atoms with van der Waals surface area (Å²) in [6.07, 6.45) is 6.29. The maximum absolute atomic E-state index is 11.3. The molecule has 0 saturated heterocycles. The Balaban J connectivity index is 2.23. The van der Waals surface area contributed by atoms with Crippen molar-refractivity contribution >= 4 is 23.2 Å². The lowest BCUT2D eigenvalue weighted by atomic mass is 10.0. The van der Waals surface area contributed by atoms with Crippen molar-refractivity contribution in [3.8, 4) is 0 Å². The third-order valence-corrected chi connectivity index (χ3v) is 3.07. The summed E-state index contributed by atoms with van der Waals surface area (Å²) in [4.78, 5) is 11.3. The van der Waals surface area contributed by atoms with Gasteiger partial charge in [-0.1, -0.05) is 24.3 Å². The van der Waals surface area contributed by atoms with Crippen LogP contribution in [0.2, 0.25) is 0 Å². The number of anilines is 1. The van der Waals surface area contributed by atoms with Gasteiger partial charge in [-0.25, -0.2) is 0 Å². The van der Waals surface area contributed by atoms with E-state index in [4.69, 9.17) is 4.42 Å². The van der Waals surface area contributed by atoms with Crippen LogP contribution in [0.1, 0.15) is 30.7 Å². The predicted molar refractivity (Wildman–Crippen MR) is 86.9 cm³/mol. The van der Waals surface area contributed by atoms with Crippen molar-refractivity contribution in [2.75, 3.05) is 5.32 Å². The van der Waals surface area contributed by atoms with Gasteiger partial charge in [0.25, 0.3) is 0 Å². The summed E-state index contributed by atoms with van der Waals surface area (Å²) < 4.78 is 5.26. The molecule has 3 nitrogen and oxygen atoms in total. The van der Waals surface area contributed by atoms with Gasteiger partial charge in [-0.05, 0) is 54.8 Å². The van der Waals surface area contributed by atoms with Gasteiger partial charge in [-0.15, -0.1) is 0 Å². The SMILES string of the molecule is C=C(C)c1ccc(NC(C)=O)c(C/C=C/c2ccco2)c1. The van der Waals surface area contributed by atoms with E-state index in [1.807, 2.05) is 43.3 Å². The summed E-state index contributed by atoms with van der Waals surface area (Å²) in [6.45, 7) is 7.43. The van der Waals surface area contributed by atoms with Gasteiger partial charge >= 0.3 is 0 Å². The Morgan fingerprint density at radius 3 is 2.76 bits per heavy atom. The zero-order chi connectivity index (χ0) is 15.2. The maximum atomic E-state index is 11.3. The van der Waals surface area contributed by atoms with Gasteiger partial charge in [0.05, 0.1) is 6.26 Å². The van der Waals surface area contributed by atoms with E-state index in [1.165, 1.54) is 6.92 Å². The summed E-state index contributed by atoms with van der Waals surface area (Å²) >= 11 is 0. The molecule has 1 heterocycles. The molecule has 21 heavy (non-hydrogen) atoms. The first-order chi connectivity index (χ1) is 10.1. The number of furan rings is 1. The van der Waals surface area contributed by atoms with Crippen LogP contribution in [0.15, 0.2) is 53.7 Å². The van der Waals surface area contributed by atoms with Gasteiger partial charge in [0.15, 0.2) is 0 Å². The second-order valence-electron chi connectivity index (χ2n) is 4.96. The van der Waals surface area contributed by atoms with Crippen molar-refractivity contribution in [3.63, 3.8) is 0 Å². The molecule has 2 rings (SSSR count). The van der Waals surface area contributed by atoms with Crippen LogP contribution in [0, 0.1) is 0 Å². The van der Waals surface area contributed by atoms with E-state index in [-0.39, 0.29) is 5.91 Å². The van der Waals surface area contributed by atoms with E-state index >= 15 is 0 Å². The van der Waals surface area contributed by atoms with Crippen molar-refractivity contribution in [1.82, 2.24) is 0 Å². The highest BCUT2D eigenvalue weighted by Crippen LogP contribution is 2.22. The molecular formula is C18H19NO2. The molecule has 0 saturated carbocycles. The third kappa shape index (κ3) is 4.21. The Bertz CT molecular complexity index is 667. The van der Waals surface area contributed by atoms with E-state index < -0.39 is 0 Å². The molecule has 1 aromatic carbocycles. The summed E-state index contributed by atoms with van der Waals surface area (Å²) in [5.41, 5.74) is 3.95. The first-order valence-electron chi connectivity index (χ1n) is 6.82. The number of nitrogens with one attached hydrogen (secondary N) is 1. The highest BCUT2D eigenvalue weighted by atomic mass is 16.3. The summed E-state index contributed by atoms with van der Waals surface area (Å²) in [5.74, 6) is 0.737. The Labute approximate surface area is 125 Å². The molecule has 1 aromatic heterocycles. The minimum Gasteiger partial charge on any atom is -0.465 e. The van der Waals surface area contributed by atoms with Crippen molar-refractivity contribution < 1.29 is 9.21 Å². The molecule has 2 aromatic rings. The predicted octanol–water partition coefficient (Wildman–Crippen LogP) is 4.53. The first kappa shape index (κ1) is 14.9. The van der Waals surface area contributed by atoms with Crippen LogP contribution in [0.3, 0.4) is 0 Å². The number of hydrogen-bond donors (Lipinski definition) is 1. The normalized spacial score (nSPS) is 10.8. The average Bonchev–Trinajstić information content (AvgIpc) is 2.93. The topological polar surface area (TPSA) is 42.2 Å². The van der Waals surface area contributed by atoms with E-state index in [2.05, 4.69) is 18.0 Å². The standard InChI is InChI=1S/C18H19NO2/c1-13(2)15-9-10-18(19-14(3)20)16(12-15)6-4-7-17-8-5-11-21-17/h4-5,7-12H,1,6H2,2-3H3,(H,19,20)/b7-4+. The number of hydrogen-bond acceptors (Lipinski definition) is 2. The van der Waals surface area contributed by atoms with E-state index in [9.17, 15) is 4.79 Å². The minimum absolute atomic E-state index is 0.0747. The highest BCUT2D eigenvalue weighted by molar-refractivity contribution is 5.90. The fraction of sp³-hybridized carbons (Fsp3) is 0.167. The third-order valence-electron chi connectivity index (χ3n) is 3.07. The number of rotatable bonds is 5. The summed E-state index contributed by atoms with van der Waals surface area (Å²) in [5, 5.41) is 2.86. The molecule has 0 atom stereocenters. The summed E-state index contributed by atoms with van der Waals surface area (Å²) in [6, 6.07) is 9.69. The van der Waals surface area contributed by atoms with Crippen LogP contribution in [0.5, 0.6) is 0 Å². The molecule has 0 aliphatic rings. The average molecular weight is 281 g/mol. The molecule has 0 spiro atoms. The van der Waals surface area contributed by atoms with Crippen molar-refractivity contribution in [2.24, 2.45) is 0 Å². The second kappa shape index (κ2) is 6.75. The molecule has 3 heteroatoms. The quantitative estimate of drug-likeness (QED) is 0.875. The molecule has 0 bridgehead atoms. The molecular weight excluding hydrogens is 262 g/mol. The van der Waals surface area contributed by atoms with Gasteiger partial charge in [0, 0.05) is 12.6 Å². The molecule has 108 valence electrons. The highest BCUT2D eigenvalue weighted by Gasteiger charge is 2.05. The molecule has 1 N–H and O–H groups in total. The van der Waals surface area contributed by atoms with Crippen LogP contribution in [-0.4, -0.2) is 5.91 Å². The van der Waals surface area contributed by atoms with Crippen molar-refractivity contribution in [3.05, 3.63) is 66.1 Å². The van der Waals surface area contributed by atoms with E-state index in [0.29, 0.717) is 6.42 Å². The summed E-state index contributed by atoms with van der Waals surface area (Å²) in [7, 11) is 0. The molecule has 0 aliphatic carbocycles. The largest absolute Gasteiger partial charge is 0.465 e. The lowest BCUT2D eigenvalue weighted by molar-refractivity contribution is -0.114. The minimum atomic E-state index is -0.0747. The van der Waals surface area contributed by atoms with Crippen LogP contribution in [0.25, 0.3) is 11.6 Å². The Morgan fingerprint density at radius 1 is 1.33 bits per heavy atom. The lowest BCUT2D eigenvalue weighted by Crippen LogP contribution is -2.08. The monoisotopic (exact) mass is 281 g/mol. The van der Waals surface area contributed by atoms with Crippen molar-refractivity contribution in [2.45, 2.75) is 20.3 Å². The second-order valence-corrected chi connectivity index (χ2v) is 4.96. The Morgan fingerprint density at radius 2 is 2.14 bits per heavy atom. The van der Waals surface area contributed by atoms with Gasteiger partial charge in [0.1, 0.15) is 5.76 Å². The van der Waals surface area contributed by atoms with Crippen molar-refractivity contribution in [1.29, 1.82) is 0 Å². The Hall–Kier alpha value is -2.55. The zero-order valence-electron chi connectivity index (χ0n) is 12.3. The number of allylic oxidation sites excluding steroid dienone is 2. The van der Waals surface area contributed by atoms with Gasteiger partial charge in [0.2, 0.25) is 5.91 Å². The van der Waals surface area contributed by atoms with E-state index in [0.717, 1.165) is 28.1 Å². The molecule has 0 unspecified atom stereocenters. The number of carbonyl (C=O) groups is 1. The lowest BCUT2D eigenvalue weighted by Gasteiger charge is -2.11. The maximum Gasteiger partial charge on any atom is 0.221 e. The first-order valence-corrected chi connectivity index (χ1v) is 6.82. The Kier molecular flexibility index (Phi) is 4.77. The fourth-order valence-corrected chi connectivity index (χ4v) is 2.03. The van der Waals surface area contributed by atoms with Crippen LogP contribution in [-0.2, 0) is 11.2 Å². The molecule has 0 fully saturated rings. The van der Waals surface area contributed by atoms with Gasteiger partial charge in [-0.3, -0.25) is 4.79 Å². The number of benzene rings is 1. The van der Waals surface area contributed by atoms with Gasteiger partial charge in [-0.2, -0.15) is 0 Å². The van der Waals surface area contributed by atoms with Crippen LogP contribution >= 0.6 is 0 Å². The molecule has 0 aliphatic heterocycles. The fourth-order valence-electron chi connectivity index (χ4n) is 2.03. The zero-order valence-corrected chi connectivity index (χ0v) is 12.3. The molecule has 0 radical (unpaired) electrons. The number of carbonyl (C=O) groups excluding carboxylic acids is 1. The number of amides is 1. The van der Waals surface area contributed by atoms with Gasteiger partial charge < -0.3 is 9.73 Å².